The highest BCUT2D eigenvalue weighted by Gasteiger charge is 2.18. The maximum atomic E-state index is 12.5. The number of aryl methyl sites for hydroxylation is 1. The fourth-order valence-electron chi connectivity index (χ4n) is 2.22. The zero-order valence-electron chi connectivity index (χ0n) is 14.4. The number of nitrogens with zero attached hydrogens (tertiary/aromatic N) is 4. The lowest BCUT2D eigenvalue weighted by atomic mass is 10.2. The van der Waals surface area contributed by atoms with E-state index in [1.807, 2.05) is 13.8 Å². The summed E-state index contributed by atoms with van der Waals surface area (Å²) in [7, 11) is 0. The summed E-state index contributed by atoms with van der Waals surface area (Å²) in [6, 6.07) is 8.31. The SMILES string of the molecule is Cc1cc(=O)c(C(=O)Nc2nnc(C(C)C)s2)nn1-c1ccc(Cl)cc1. The predicted molar refractivity (Wildman–Crippen MR) is 102 cm³/mol. The number of hydrogen-bond acceptors (Lipinski definition) is 6. The molecule has 0 saturated heterocycles. The molecular weight excluding hydrogens is 374 g/mol. The molecule has 1 aromatic carbocycles. The second-order valence-corrected chi connectivity index (χ2v) is 7.39. The zero-order chi connectivity index (χ0) is 18.8. The molecule has 9 heteroatoms. The van der Waals surface area contributed by atoms with E-state index >= 15 is 0 Å². The quantitative estimate of drug-likeness (QED) is 0.738. The molecule has 0 spiro atoms. The molecule has 3 aromatic rings. The standard InChI is InChI=1S/C17H16ClN5O2S/c1-9(2)16-20-21-17(26-16)19-15(25)14-13(24)8-10(3)23(22-14)12-6-4-11(18)5-7-12/h4-9H,1-3H3,(H,19,21,25). The molecule has 2 heterocycles. The van der Waals surface area contributed by atoms with Crippen LogP contribution in [-0.2, 0) is 0 Å². The van der Waals surface area contributed by atoms with E-state index in [0.29, 0.717) is 21.5 Å². The summed E-state index contributed by atoms with van der Waals surface area (Å²) in [5.74, 6) is -0.415. The number of anilines is 1. The van der Waals surface area contributed by atoms with Crippen LogP contribution in [0.3, 0.4) is 0 Å². The van der Waals surface area contributed by atoms with E-state index < -0.39 is 11.3 Å². The minimum atomic E-state index is -0.621. The van der Waals surface area contributed by atoms with Gasteiger partial charge in [0.15, 0.2) is 5.69 Å². The highest BCUT2D eigenvalue weighted by Crippen LogP contribution is 2.22. The maximum Gasteiger partial charge on any atom is 0.282 e. The van der Waals surface area contributed by atoms with Crippen LogP contribution in [0.5, 0.6) is 0 Å². The van der Waals surface area contributed by atoms with Crippen LogP contribution in [0.25, 0.3) is 5.69 Å². The van der Waals surface area contributed by atoms with E-state index in [4.69, 9.17) is 11.6 Å². The van der Waals surface area contributed by atoms with Crippen molar-refractivity contribution in [2.24, 2.45) is 0 Å². The monoisotopic (exact) mass is 389 g/mol. The Kier molecular flexibility index (Phi) is 5.15. The van der Waals surface area contributed by atoms with Gasteiger partial charge in [0.2, 0.25) is 10.6 Å². The van der Waals surface area contributed by atoms with Crippen molar-refractivity contribution in [3.63, 3.8) is 0 Å². The molecule has 0 aliphatic rings. The van der Waals surface area contributed by atoms with Gasteiger partial charge in [-0.25, -0.2) is 4.68 Å². The first kappa shape index (κ1) is 18.2. The van der Waals surface area contributed by atoms with E-state index in [9.17, 15) is 9.59 Å². The fraction of sp³-hybridized carbons (Fsp3) is 0.235. The van der Waals surface area contributed by atoms with Gasteiger partial charge in [-0.1, -0.05) is 36.8 Å². The smallest absolute Gasteiger partial charge is 0.282 e. The largest absolute Gasteiger partial charge is 0.295 e. The molecule has 1 N–H and O–H groups in total. The molecule has 0 atom stereocenters. The number of aromatic nitrogens is 4. The summed E-state index contributed by atoms with van der Waals surface area (Å²) in [4.78, 5) is 24.7. The summed E-state index contributed by atoms with van der Waals surface area (Å²) < 4.78 is 1.52. The van der Waals surface area contributed by atoms with Crippen molar-refractivity contribution < 1.29 is 4.79 Å². The fourth-order valence-corrected chi connectivity index (χ4v) is 3.09. The Morgan fingerprint density at radius 1 is 1.23 bits per heavy atom. The molecular formula is C17H16ClN5O2S. The third-order valence-electron chi connectivity index (χ3n) is 3.55. The Morgan fingerprint density at radius 3 is 2.54 bits per heavy atom. The number of halogens is 1. The summed E-state index contributed by atoms with van der Waals surface area (Å²) in [6.45, 7) is 5.71. The summed E-state index contributed by atoms with van der Waals surface area (Å²) in [6.07, 6.45) is 0. The lowest BCUT2D eigenvalue weighted by Crippen LogP contribution is -2.26. The molecule has 3 rings (SSSR count). The molecule has 0 fully saturated rings. The van der Waals surface area contributed by atoms with Crippen molar-refractivity contribution in [2.75, 3.05) is 5.32 Å². The van der Waals surface area contributed by atoms with Crippen molar-refractivity contribution in [1.82, 2.24) is 20.0 Å². The average Bonchev–Trinajstić information content (AvgIpc) is 3.04. The van der Waals surface area contributed by atoms with Gasteiger partial charge in [-0.15, -0.1) is 10.2 Å². The van der Waals surface area contributed by atoms with Crippen molar-refractivity contribution >= 4 is 34.0 Å². The van der Waals surface area contributed by atoms with E-state index in [-0.39, 0.29) is 11.6 Å². The molecule has 1 amide bonds. The van der Waals surface area contributed by atoms with E-state index in [1.165, 1.54) is 22.1 Å². The topological polar surface area (TPSA) is 89.8 Å². The maximum absolute atomic E-state index is 12.5. The van der Waals surface area contributed by atoms with Crippen LogP contribution in [0, 0.1) is 6.92 Å². The van der Waals surface area contributed by atoms with Gasteiger partial charge in [0.25, 0.3) is 5.91 Å². The van der Waals surface area contributed by atoms with Gasteiger partial charge in [0, 0.05) is 22.7 Å². The molecule has 134 valence electrons. The summed E-state index contributed by atoms with van der Waals surface area (Å²) in [5, 5.41) is 16.5. The van der Waals surface area contributed by atoms with Gasteiger partial charge in [-0.3, -0.25) is 14.9 Å². The molecule has 0 bridgehead atoms. The molecule has 7 nitrogen and oxygen atoms in total. The van der Waals surface area contributed by atoms with Gasteiger partial charge >= 0.3 is 0 Å². The third-order valence-corrected chi connectivity index (χ3v) is 4.94. The molecule has 0 saturated carbocycles. The van der Waals surface area contributed by atoms with Gasteiger partial charge in [-0.05, 0) is 31.2 Å². The van der Waals surface area contributed by atoms with Crippen LogP contribution in [0.1, 0.15) is 41.0 Å². The lowest BCUT2D eigenvalue weighted by Gasteiger charge is -2.11. The molecule has 2 aromatic heterocycles. The number of rotatable bonds is 4. The highest BCUT2D eigenvalue weighted by atomic mass is 35.5. The highest BCUT2D eigenvalue weighted by molar-refractivity contribution is 7.15. The van der Waals surface area contributed by atoms with E-state index in [2.05, 4.69) is 20.6 Å². The number of carbonyl (C=O) groups is 1. The summed E-state index contributed by atoms with van der Waals surface area (Å²) in [5.41, 5.74) is 0.622. The number of benzene rings is 1. The Labute approximate surface area is 158 Å². The second-order valence-electron chi connectivity index (χ2n) is 5.94. The molecule has 0 aliphatic heterocycles. The first-order valence-electron chi connectivity index (χ1n) is 7.87. The van der Waals surface area contributed by atoms with Crippen LogP contribution in [-0.4, -0.2) is 25.9 Å². The normalized spacial score (nSPS) is 11.0. The van der Waals surface area contributed by atoms with Crippen molar-refractivity contribution in [2.45, 2.75) is 26.7 Å². The van der Waals surface area contributed by atoms with Crippen LogP contribution < -0.4 is 10.7 Å². The van der Waals surface area contributed by atoms with Crippen molar-refractivity contribution in [3.05, 3.63) is 62.0 Å². The summed E-state index contributed by atoms with van der Waals surface area (Å²) >= 11 is 7.17. The van der Waals surface area contributed by atoms with Gasteiger partial charge < -0.3 is 0 Å². The number of carbonyl (C=O) groups excluding carboxylic acids is 1. The van der Waals surface area contributed by atoms with Crippen molar-refractivity contribution in [3.8, 4) is 5.69 Å². The van der Waals surface area contributed by atoms with Crippen LogP contribution in [0.4, 0.5) is 5.13 Å². The zero-order valence-corrected chi connectivity index (χ0v) is 15.9. The minimum absolute atomic E-state index is 0.206. The van der Waals surface area contributed by atoms with Crippen LogP contribution in [0.2, 0.25) is 5.02 Å². The van der Waals surface area contributed by atoms with E-state index in [1.54, 1.807) is 31.2 Å². The molecule has 0 aliphatic carbocycles. The first-order chi connectivity index (χ1) is 12.3. The predicted octanol–water partition coefficient (Wildman–Crippen LogP) is 3.42. The van der Waals surface area contributed by atoms with Crippen LogP contribution >= 0.6 is 22.9 Å². The number of hydrogen-bond donors (Lipinski definition) is 1. The Morgan fingerprint density at radius 2 is 1.92 bits per heavy atom. The van der Waals surface area contributed by atoms with Gasteiger partial charge in [-0.2, -0.15) is 5.10 Å². The van der Waals surface area contributed by atoms with Gasteiger partial charge in [0.1, 0.15) is 5.01 Å². The molecule has 0 radical (unpaired) electrons. The minimum Gasteiger partial charge on any atom is -0.295 e. The Hall–Kier alpha value is -2.58. The lowest BCUT2D eigenvalue weighted by molar-refractivity contribution is 0.101. The number of nitrogens with one attached hydrogen (secondary N) is 1. The molecule has 26 heavy (non-hydrogen) atoms. The third kappa shape index (κ3) is 3.81. The second kappa shape index (κ2) is 7.35. The van der Waals surface area contributed by atoms with Gasteiger partial charge in [0.05, 0.1) is 5.69 Å². The van der Waals surface area contributed by atoms with Crippen molar-refractivity contribution in [1.29, 1.82) is 0 Å². The Bertz CT molecular complexity index is 1010. The van der Waals surface area contributed by atoms with E-state index in [0.717, 1.165) is 5.01 Å². The molecule has 0 unspecified atom stereocenters. The number of amides is 1. The average molecular weight is 390 g/mol. The first-order valence-corrected chi connectivity index (χ1v) is 9.06. The van der Waals surface area contributed by atoms with Crippen LogP contribution in [0.15, 0.2) is 35.1 Å². The Balaban J connectivity index is 1.93.